The number of carbonyl (C=O) groups excluding carboxylic acids is 2. The Hall–Kier alpha value is -3.86. The summed E-state index contributed by atoms with van der Waals surface area (Å²) in [5.41, 5.74) is 2.70. The van der Waals surface area contributed by atoms with Crippen molar-refractivity contribution in [3.8, 4) is 0 Å². The number of nitrogens with one attached hydrogen (secondary N) is 1. The van der Waals surface area contributed by atoms with Gasteiger partial charge in [-0.25, -0.2) is 9.78 Å². The molecule has 4 aliphatic rings. The second-order valence-corrected chi connectivity index (χ2v) is 13.7. The zero-order valence-corrected chi connectivity index (χ0v) is 26.9. The Balaban J connectivity index is 0.996. The molecule has 3 aromatic rings. The van der Waals surface area contributed by atoms with Crippen LogP contribution in [0.4, 0.5) is 29.3 Å². The van der Waals surface area contributed by atoms with Gasteiger partial charge in [-0.2, -0.15) is 13.2 Å². The third kappa shape index (κ3) is 6.77. The topological polar surface area (TPSA) is 73.7 Å². The quantitative estimate of drug-likeness (QED) is 0.281. The van der Waals surface area contributed by atoms with Crippen molar-refractivity contribution in [1.29, 1.82) is 0 Å². The van der Waals surface area contributed by atoms with Crippen LogP contribution in [0.25, 0.3) is 0 Å². The van der Waals surface area contributed by atoms with Gasteiger partial charge in [-0.15, -0.1) is 0 Å². The van der Waals surface area contributed by atoms with E-state index >= 15 is 0 Å². The summed E-state index contributed by atoms with van der Waals surface area (Å²) in [6, 6.07) is 14.9. The van der Waals surface area contributed by atoms with Crippen LogP contribution in [0.5, 0.6) is 0 Å². The SMILES string of the molecule is Cc1nc2c(n1C1C[C@H]3CCC[C@@H](C1)N3CCCN(C(=O)Nc1ccc(C(F)(F)F)cc1)c1ccccc1)CCN(C(=O)C1CC1)C2. The number of nitrogens with zero attached hydrogens (tertiary/aromatic N) is 5. The van der Waals surface area contributed by atoms with Gasteiger partial charge in [-0.3, -0.25) is 14.6 Å². The number of carbonyl (C=O) groups is 2. The molecule has 1 saturated carbocycles. The average Bonchev–Trinajstić information content (AvgIpc) is 3.84. The molecule has 2 saturated heterocycles. The van der Waals surface area contributed by atoms with E-state index in [4.69, 9.17) is 4.98 Å². The van der Waals surface area contributed by atoms with Gasteiger partial charge in [0.2, 0.25) is 5.91 Å². The normalized spacial score (nSPS) is 22.9. The molecule has 1 aliphatic carbocycles. The molecule has 1 aromatic heterocycles. The van der Waals surface area contributed by atoms with Crippen LogP contribution in [0.1, 0.15) is 80.2 Å². The highest BCUT2D eigenvalue weighted by Crippen LogP contribution is 2.41. The van der Waals surface area contributed by atoms with Gasteiger partial charge < -0.3 is 14.8 Å². The summed E-state index contributed by atoms with van der Waals surface area (Å²) in [7, 11) is 0. The molecule has 3 atom stereocenters. The van der Waals surface area contributed by atoms with Crippen molar-refractivity contribution >= 4 is 23.3 Å². The van der Waals surface area contributed by atoms with E-state index in [0.717, 1.165) is 93.8 Å². The third-order valence-electron chi connectivity index (χ3n) is 10.5. The van der Waals surface area contributed by atoms with Gasteiger partial charge in [0, 0.05) is 67.2 Å². The summed E-state index contributed by atoms with van der Waals surface area (Å²) in [6.45, 7) is 4.89. The predicted molar refractivity (Wildman–Crippen MR) is 174 cm³/mol. The molecule has 1 N–H and O–H groups in total. The Bertz CT molecular complexity index is 1570. The summed E-state index contributed by atoms with van der Waals surface area (Å²) in [5, 5.41) is 2.79. The Labute approximate surface area is 273 Å². The van der Waals surface area contributed by atoms with E-state index in [-0.39, 0.29) is 11.9 Å². The number of urea groups is 1. The van der Waals surface area contributed by atoms with Gasteiger partial charge in [-0.05, 0) is 88.3 Å². The molecule has 2 bridgehead atoms. The van der Waals surface area contributed by atoms with E-state index in [1.54, 1.807) is 4.90 Å². The first-order valence-corrected chi connectivity index (χ1v) is 17.1. The van der Waals surface area contributed by atoms with Gasteiger partial charge in [0.1, 0.15) is 5.82 Å². The Morgan fingerprint density at radius 3 is 2.32 bits per heavy atom. The molecule has 4 heterocycles. The summed E-state index contributed by atoms with van der Waals surface area (Å²) < 4.78 is 41.6. The number of hydrogen-bond acceptors (Lipinski definition) is 4. The Kier molecular flexibility index (Phi) is 8.76. The van der Waals surface area contributed by atoms with Gasteiger partial charge in [0.25, 0.3) is 0 Å². The maximum atomic E-state index is 13.4. The first-order valence-electron chi connectivity index (χ1n) is 17.1. The molecule has 250 valence electrons. The molecule has 3 fully saturated rings. The molecule has 11 heteroatoms. The zero-order valence-electron chi connectivity index (χ0n) is 26.9. The molecule has 3 amide bonds. The summed E-state index contributed by atoms with van der Waals surface area (Å²) in [5.74, 6) is 1.59. The highest BCUT2D eigenvalue weighted by molar-refractivity contribution is 6.01. The second-order valence-electron chi connectivity index (χ2n) is 13.7. The van der Waals surface area contributed by atoms with Crippen molar-refractivity contribution in [2.75, 3.05) is 29.9 Å². The van der Waals surface area contributed by atoms with Crippen LogP contribution in [0.3, 0.4) is 0 Å². The Morgan fingerprint density at radius 1 is 0.957 bits per heavy atom. The van der Waals surface area contributed by atoms with Crippen LogP contribution in [0.15, 0.2) is 54.6 Å². The van der Waals surface area contributed by atoms with Crippen molar-refractivity contribution in [1.82, 2.24) is 19.4 Å². The maximum Gasteiger partial charge on any atom is 0.416 e. The zero-order chi connectivity index (χ0) is 32.7. The first-order chi connectivity index (χ1) is 22.7. The van der Waals surface area contributed by atoms with Crippen LogP contribution < -0.4 is 10.2 Å². The number of amides is 3. The van der Waals surface area contributed by atoms with Crippen LogP contribution >= 0.6 is 0 Å². The van der Waals surface area contributed by atoms with Crippen molar-refractivity contribution in [3.63, 3.8) is 0 Å². The van der Waals surface area contributed by atoms with E-state index < -0.39 is 11.7 Å². The van der Waals surface area contributed by atoms with Gasteiger partial charge in [-0.1, -0.05) is 24.6 Å². The molecule has 3 aliphatic heterocycles. The van der Waals surface area contributed by atoms with Gasteiger partial charge in [0.15, 0.2) is 0 Å². The summed E-state index contributed by atoms with van der Waals surface area (Å²) >= 11 is 0. The number of anilines is 2. The lowest BCUT2D eigenvalue weighted by Crippen LogP contribution is -2.53. The smallest absolute Gasteiger partial charge is 0.336 e. The summed E-state index contributed by atoms with van der Waals surface area (Å²) in [4.78, 5) is 37.5. The number of halogens is 3. The number of benzene rings is 2. The lowest BCUT2D eigenvalue weighted by atomic mass is 9.81. The van der Waals surface area contributed by atoms with E-state index in [0.29, 0.717) is 42.8 Å². The number of rotatable bonds is 8. The lowest BCUT2D eigenvalue weighted by Gasteiger charge is -2.50. The van der Waals surface area contributed by atoms with Gasteiger partial charge in [0.05, 0.1) is 17.8 Å². The number of hydrogen-bond donors (Lipinski definition) is 1. The predicted octanol–water partition coefficient (Wildman–Crippen LogP) is 7.19. The number of fused-ring (bicyclic) bond motifs is 3. The lowest BCUT2D eigenvalue weighted by molar-refractivity contribution is -0.137. The fourth-order valence-corrected chi connectivity index (χ4v) is 8.13. The molecular formula is C36H43F3N6O2. The second kappa shape index (κ2) is 13.0. The molecule has 7 rings (SSSR count). The number of aryl methyl sites for hydroxylation is 1. The Morgan fingerprint density at radius 2 is 1.66 bits per heavy atom. The van der Waals surface area contributed by atoms with E-state index in [1.165, 1.54) is 24.2 Å². The number of piperidine rings is 2. The molecule has 8 nitrogen and oxygen atoms in total. The maximum absolute atomic E-state index is 13.4. The average molecular weight is 649 g/mol. The fraction of sp³-hybridized carbons (Fsp3) is 0.528. The molecule has 0 spiro atoms. The van der Waals surface area contributed by atoms with Crippen LogP contribution in [-0.2, 0) is 23.9 Å². The van der Waals surface area contributed by atoms with Crippen molar-refractivity contribution in [2.45, 2.75) is 95.6 Å². The van der Waals surface area contributed by atoms with Crippen molar-refractivity contribution < 1.29 is 22.8 Å². The minimum Gasteiger partial charge on any atom is -0.336 e. The van der Waals surface area contributed by atoms with E-state index in [1.807, 2.05) is 35.2 Å². The number of para-hydroxylation sites is 1. The minimum absolute atomic E-state index is 0.233. The molecule has 0 radical (unpaired) electrons. The molecular weight excluding hydrogens is 605 g/mol. The number of aromatic nitrogens is 2. The summed E-state index contributed by atoms with van der Waals surface area (Å²) in [6.07, 6.45) is 4.94. The molecule has 2 aromatic carbocycles. The van der Waals surface area contributed by atoms with Crippen LogP contribution in [-0.4, -0.2) is 63.0 Å². The largest absolute Gasteiger partial charge is 0.416 e. The monoisotopic (exact) mass is 648 g/mol. The molecule has 47 heavy (non-hydrogen) atoms. The minimum atomic E-state index is -4.43. The highest BCUT2D eigenvalue weighted by atomic mass is 19.4. The fourth-order valence-electron chi connectivity index (χ4n) is 8.13. The van der Waals surface area contributed by atoms with Crippen LogP contribution in [0.2, 0.25) is 0 Å². The number of alkyl halides is 3. The highest BCUT2D eigenvalue weighted by Gasteiger charge is 2.41. The van der Waals surface area contributed by atoms with E-state index in [9.17, 15) is 22.8 Å². The van der Waals surface area contributed by atoms with Crippen LogP contribution in [0, 0.1) is 12.8 Å². The standard InChI is InChI=1S/C36H43F3N6O2/c1-24-40-32-23-42(34(46)25-11-12-25)20-17-33(32)45(24)31-21-29-9-5-10-30(22-31)43(29)18-6-19-44(28-7-3-2-4-8-28)35(47)41-27-15-13-26(14-16-27)36(37,38)39/h2-4,7-8,13-16,25,29-31H,5-6,9-12,17-23H2,1H3,(H,41,47)/t29-,30+,31?. The third-order valence-corrected chi connectivity index (χ3v) is 10.5. The first kappa shape index (κ1) is 31.7. The number of imidazole rings is 1. The van der Waals surface area contributed by atoms with Crippen molar-refractivity contribution in [2.24, 2.45) is 5.92 Å². The van der Waals surface area contributed by atoms with E-state index in [2.05, 4.69) is 21.7 Å². The van der Waals surface area contributed by atoms with Crippen molar-refractivity contribution in [3.05, 3.63) is 77.4 Å². The molecule has 1 unspecified atom stereocenters. The van der Waals surface area contributed by atoms with Gasteiger partial charge >= 0.3 is 12.2 Å².